The van der Waals surface area contributed by atoms with Crippen molar-refractivity contribution < 1.29 is 22.0 Å². The molecule has 1 amide bonds. The summed E-state index contributed by atoms with van der Waals surface area (Å²) in [6, 6.07) is 6.09. The normalized spacial score (nSPS) is 16.3. The summed E-state index contributed by atoms with van der Waals surface area (Å²) >= 11 is 1.50. The van der Waals surface area contributed by atoms with E-state index in [9.17, 15) is 22.0 Å². The zero-order valence-electron chi connectivity index (χ0n) is 13.6. The van der Waals surface area contributed by atoms with Crippen LogP contribution in [0.25, 0.3) is 6.08 Å². The lowest BCUT2D eigenvalue weighted by Crippen LogP contribution is -2.50. The van der Waals surface area contributed by atoms with E-state index in [4.69, 9.17) is 0 Å². The van der Waals surface area contributed by atoms with E-state index in [1.807, 2.05) is 17.5 Å². The number of rotatable bonds is 4. The average Bonchev–Trinajstić information content (AvgIpc) is 3.15. The molecule has 0 aliphatic carbocycles. The van der Waals surface area contributed by atoms with E-state index in [2.05, 4.69) is 0 Å². The minimum atomic E-state index is -4.15. The van der Waals surface area contributed by atoms with Gasteiger partial charge in [-0.25, -0.2) is 17.2 Å². The lowest BCUT2D eigenvalue weighted by molar-refractivity contribution is -0.127. The van der Waals surface area contributed by atoms with Crippen molar-refractivity contribution in [1.82, 2.24) is 9.21 Å². The molecule has 2 aromatic rings. The van der Waals surface area contributed by atoms with Crippen LogP contribution in [0.15, 0.2) is 46.7 Å². The fraction of sp³-hybridized carbons (Fsp3) is 0.235. The Balaban J connectivity index is 1.66. The summed E-state index contributed by atoms with van der Waals surface area (Å²) in [5.74, 6) is -2.03. The number of hydrogen-bond donors (Lipinski definition) is 0. The number of sulfonamides is 1. The van der Waals surface area contributed by atoms with Crippen LogP contribution in [0.3, 0.4) is 0 Å². The van der Waals surface area contributed by atoms with Crippen LogP contribution < -0.4 is 0 Å². The van der Waals surface area contributed by atoms with Crippen LogP contribution in [0, 0.1) is 11.6 Å². The van der Waals surface area contributed by atoms with Gasteiger partial charge in [0.2, 0.25) is 15.9 Å². The van der Waals surface area contributed by atoms with Crippen LogP contribution in [0.2, 0.25) is 0 Å². The summed E-state index contributed by atoms with van der Waals surface area (Å²) < 4.78 is 53.2. The number of benzene rings is 1. The largest absolute Gasteiger partial charge is 0.337 e. The Bertz CT molecular complexity index is 919. The quantitative estimate of drug-likeness (QED) is 0.744. The molecule has 1 aliphatic heterocycles. The van der Waals surface area contributed by atoms with Gasteiger partial charge in [-0.15, -0.1) is 11.3 Å². The van der Waals surface area contributed by atoms with E-state index in [0.717, 1.165) is 21.3 Å². The minimum Gasteiger partial charge on any atom is -0.337 e. The monoisotopic (exact) mass is 398 g/mol. The third kappa shape index (κ3) is 4.00. The number of nitrogens with zero attached hydrogens (tertiary/aromatic N) is 2. The Labute approximate surface area is 154 Å². The molecule has 138 valence electrons. The van der Waals surface area contributed by atoms with Gasteiger partial charge in [-0.05, 0) is 35.7 Å². The topological polar surface area (TPSA) is 57.7 Å². The number of carbonyl (C=O) groups excluding carboxylic acids is 1. The molecule has 5 nitrogen and oxygen atoms in total. The standard InChI is InChI=1S/C17H16F2N2O3S2/c18-13-3-5-15(19)16(12-13)26(23,24)21-9-7-20(8-10-21)17(22)6-4-14-2-1-11-25-14/h1-6,11-12H,7-10H2. The van der Waals surface area contributed by atoms with Gasteiger partial charge in [-0.1, -0.05) is 6.07 Å². The van der Waals surface area contributed by atoms with Crippen LogP contribution in [0.5, 0.6) is 0 Å². The van der Waals surface area contributed by atoms with Gasteiger partial charge < -0.3 is 4.90 Å². The average molecular weight is 398 g/mol. The third-order valence-corrected chi connectivity index (χ3v) is 6.75. The van der Waals surface area contributed by atoms with Crippen molar-refractivity contribution in [2.45, 2.75) is 4.90 Å². The molecule has 1 aromatic heterocycles. The van der Waals surface area contributed by atoms with E-state index in [-0.39, 0.29) is 32.1 Å². The molecular weight excluding hydrogens is 382 g/mol. The Hall–Kier alpha value is -2.10. The summed E-state index contributed by atoms with van der Waals surface area (Å²) in [6.07, 6.45) is 3.15. The molecule has 2 heterocycles. The van der Waals surface area contributed by atoms with Gasteiger partial charge >= 0.3 is 0 Å². The minimum absolute atomic E-state index is 0.0247. The molecule has 0 saturated carbocycles. The molecule has 1 saturated heterocycles. The molecule has 26 heavy (non-hydrogen) atoms. The van der Waals surface area contributed by atoms with Gasteiger partial charge in [0.05, 0.1) is 0 Å². The lowest BCUT2D eigenvalue weighted by atomic mass is 10.3. The van der Waals surface area contributed by atoms with E-state index in [0.29, 0.717) is 6.07 Å². The van der Waals surface area contributed by atoms with Gasteiger partial charge in [-0.2, -0.15) is 4.31 Å². The fourth-order valence-corrected chi connectivity index (χ4v) is 4.72. The van der Waals surface area contributed by atoms with Crippen molar-refractivity contribution in [3.8, 4) is 0 Å². The zero-order valence-corrected chi connectivity index (χ0v) is 15.3. The molecule has 1 aromatic carbocycles. The number of halogens is 2. The van der Waals surface area contributed by atoms with Crippen LogP contribution in [-0.4, -0.2) is 49.7 Å². The molecule has 0 N–H and O–H groups in total. The SMILES string of the molecule is O=C(C=Cc1cccs1)N1CCN(S(=O)(=O)c2cc(F)ccc2F)CC1. The van der Waals surface area contributed by atoms with E-state index >= 15 is 0 Å². The van der Waals surface area contributed by atoms with Gasteiger partial charge in [0.1, 0.15) is 16.5 Å². The van der Waals surface area contributed by atoms with Gasteiger partial charge in [0.15, 0.2) is 0 Å². The van der Waals surface area contributed by atoms with E-state index in [1.54, 1.807) is 6.08 Å². The molecule has 0 atom stereocenters. The zero-order chi connectivity index (χ0) is 18.7. The number of carbonyl (C=O) groups is 1. The molecular formula is C17H16F2N2O3S2. The number of thiophene rings is 1. The molecule has 1 aliphatic rings. The van der Waals surface area contributed by atoms with Gasteiger partial charge in [-0.3, -0.25) is 4.79 Å². The second-order valence-corrected chi connectivity index (χ2v) is 8.54. The highest BCUT2D eigenvalue weighted by atomic mass is 32.2. The van der Waals surface area contributed by atoms with Crippen LogP contribution in [0.1, 0.15) is 4.88 Å². The molecule has 0 spiro atoms. The van der Waals surface area contributed by atoms with Crippen molar-refractivity contribution >= 4 is 33.3 Å². The molecule has 3 rings (SSSR count). The second-order valence-electron chi connectivity index (χ2n) is 5.65. The summed E-state index contributed by atoms with van der Waals surface area (Å²) in [4.78, 5) is 14.0. The highest BCUT2D eigenvalue weighted by Gasteiger charge is 2.31. The van der Waals surface area contributed by atoms with E-state index in [1.165, 1.54) is 22.3 Å². The fourth-order valence-electron chi connectivity index (χ4n) is 2.61. The summed E-state index contributed by atoms with van der Waals surface area (Å²) in [7, 11) is -4.15. The maximum Gasteiger partial charge on any atom is 0.246 e. The van der Waals surface area contributed by atoms with Crippen LogP contribution in [-0.2, 0) is 14.8 Å². The molecule has 0 unspecified atom stereocenters. The van der Waals surface area contributed by atoms with Gasteiger partial charge in [0, 0.05) is 37.1 Å². The summed E-state index contributed by atoms with van der Waals surface area (Å²) in [5, 5.41) is 1.90. The molecule has 0 bridgehead atoms. The maximum absolute atomic E-state index is 13.8. The van der Waals surface area contributed by atoms with Crippen LogP contribution >= 0.6 is 11.3 Å². The highest BCUT2D eigenvalue weighted by Crippen LogP contribution is 2.22. The predicted molar refractivity (Wildman–Crippen MR) is 95.0 cm³/mol. The number of hydrogen-bond acceptors (Lipinski definition) is 4. The first-order valence-electron chi connectivity index (χ1n) is 7.83. The maximum atomic E-state index is 13.8. The van der Waals surface area contributed by atoms with Gasteiger partial charge in [0.25, 0.3) is 0 Å². The van der Waals surface area contributed by atoms with E-state index < -0.39 is 26.6 Å². The molecule has 9 heteroatoms. The van der Waals surface area contributed by atoms with Crippen LogP contribution in [0.4, 0.5) is 8.78 Å². The molecule has 1 fully saturated rings. The molecule has 0 radical (unpaired) electrons. The lowest BCUT2D eigenvalue weighted by Gasteiger charge is -2.33. The smallest absolute Gasteiger partial charge is 0.246 e. The Morgan fingerprint density at radius 1 is 1.12 bits per heavy atom. The highest BCUT2D eigenvalue weighted by molar-refractivity contribution is 7.89. The second kappa shape index (κ2) is 7.65. The first-order chi connectivity index (χ1) is 12.4. The first-order valence-corrected chi connectivity index (χ1v) is 10.2. The summed E-state index contributed by atoms with van der Waals surface area (Å²) in [5.41, 5.74) is 0. The number of amides is 1. The Morgan fingerprint density at radius 2 is 1.85 bits per heavy atom. The first kappa shape index (κ1) is 18.7. The Kier molecular flexibility index (Phi) is 5.49. The van der Waals surface area contributed by atoms with Crippen molar-refractivity contribution in [3.05, 3.63) is 58.3 Å². The Morgan fingerprint density at radius 3 is 2.50 bits per heavy atom. The van der Waals surface area contributed by atoms with Crippen molar-refractivity contribution in [1.29, 1.82) is 0 Å². The van der Waals surface area contributed by atoms with Crippen molar-refractivity contribution in [2.75, 3.05) is 26.2 Å². The van der Waals surface area contributed by atoms with Crippen molar-refractivity contribution in [2.24, 2.45) is 0 Å². The van der Waals surface area contributed by atoms with Crippen molar-refractivity contribution in [3.63, 3.8) is 0 Å². The number of piperazine rings is 1. The summed E-state index contributed by atoms with van der Waals surface area (Å²) in [6.45, 7) is 0.418. The third-order valence-electron chi connectivity index (χ3n) is 3.99. The predicted octanol–water partition coefficient (Wildman–Crippen LogP) is 2.57.